The molecule has 4 heteroatoms. The van der Waals surface area contributed by atoms with E-state index in [1.165, 1.54) is 18.2 Å². The average molecular weight is 334 g/mol. The van der Waals surface area contributed by atoms with Crippen LogP contribution in [0.5, 0.6) is 0 Å². The molecule has 0 saturated carbocycles. The molecule has 2 aromatic carbocycles. The SMILES string of the molecule is Fc1cc(I)cc(-c2c(F)cccc2F)c1. The highest BCUT2D eigenvalue weighted by Crippen LogP contribution is 2.27. The molecule has 2 aromatic rings. The molecule has 0 aromatic heterocycles. The second-order valence-corrected chi connectivity index (χ2v) is 4.50. The van der Waals surface area contributed by atoms with Crippen molar-refractivity contribution in [3.8, 4) is 11.1 Å². The molecule has 0 atom stereocenters. The molecule has 0 heterocycles. The van der Waals surface area contributed by atoms with E-state index in [1.807, 2.05) is 22.6 Å². The van der Waals surface area contributed by atoms with Crippen LogP contribution in [0, 0.1) is 21.0 Å². The molecule has 0 fully saturated rings. The molecule has 0 saturated heterocycles. The summed E-state index contributed by atoms with van der Waals surface area (Å²) >= 11 is 1.90. The van der Waals surface area contributed by atoms with Crippen LogP contribution in [-0.2, 0) is 0 Å². The topological polar surface area (TPSA) is 0 Å². The molecule has 16 heavy (non-hydrogen) atoms. The third-order valence-electron chi connectivity index (χ3n) is 2.11. The minimum Gasteiger partial charge on any atom is -0.207 e. The molecule has 0 radical (unpaired) electrons. The first-order valence-electron chi connectivity index (χ1n) is 4.48. The first kappa shape index (κ1) is 11.4. The molecular weight excluding hydrogens is 328 g/mol. The van der Waals surface area contributed by atoms with E-state index >= 15 is 0 Å². The Balaban J connectivity index is 2.67. The molecule has 0 aliphatic heterocycles. The van der Waals surface area contributed by atoms with Crippen molar-refractivity contribution < 1.29 is 13.2 Å². The van der Waals surface area contributed by atoms with Crippen molar-refractivity contribution in [3.63, 3.8) is 0 Å². The van der Waals surface area contributed by atoms with Crippen LogP contribution in [0.25, 0.3) is 11.1 Å². The molecule has 0 aliphatic rings. The van der Waals surface area contributed by atoms with Gasteiger partial charge < -0.3 is 0 Å². The Labute approximate surface area is 104 Å². The van der Waals surface area contributed by atoms with Crippen LogP contribution in [0.4, 0.5) is 13.2 Å². The fourth-order valence-electron chi connectivity index (χ4n) is 1.47. The molecular formula is C12H6F3I. The van der Waals surface area contributed by atoms with Crippen molar-refractivity contribution in [2.45, 2.75) is 0 Å². The lowest BCUT2D eigenvalue weighted by Gasteiger charge is -2.05. The zero-order chi connectivity index (χ0) is 11.7. The second kappa shape index (κ2) is 4.45. The normalized spacial score (nSPS) is 10.5. The lowest BCUT2D eigenvalue weighted by molar-refractivity contribution is 0.588. The van der Waals surface area contributed by atoms with E-state index < -0.39 is 17.5 Å². The third-order valence-corrected chi connectivity index (χ3v) is 2.74. The smallest absolute Gasteiger partial charge is 0.133 e. The van der Waals surface area contributed by atoms with E-state index in [0.717, 1.165) is 18.2 Å². The standard InChI is InChI=1S/C12H6F3I/c13-8-4-7(5-9(16)6-8)12-10(14)2-1-3-11(12)15/h1-6H. The van der Waals surface area contributed by atoms with Gasteiger partial charge in [0.2, 0.25) is 0 Å². The lowest BCUT2D eigenvalue weighted by atomic mass is 10.0. The lowest BCUT2D eigenvalue weighted by Crippen LogP contribution is -1.91. The van der Waals surface area contributed by atoms with Crippen LogP contribution in [-0.4, -0.2) is 0 Å². The van der Waals surface area contributed by atoms with E-state index in [0.29, 0.717) is 3.57 Å². The van der Waals surface area contributed by atoms with Crippen molar-refractivity contribution in [3.05, 3.63) is 57.4 Å². The summed E-state index contributed by atoms with van der Waals surface area (Å²) in [5.41, 5.74) is 0.0138. The van der Waals surface area contributed by atoms with Crippen LogP contribution in [0.1, 0.15) is 0 Å². The molecule has 0 aliphatic carbocycles. The highest BCUT2D eigenvalue weighted by Gasteiger charge is 2.12. The molecule has 0 nitrogen and oxygen atoms in total. The van der Waals surface area contributed by atoms with E-state index in [2.05, 4.69) is 0 Å². The first-order chi connectivity index (χ1) is 7.58. The summed E-state index contributed by atoms with van der Waals surface area (Å²) in [4.78, 5) is 0. The van der Waals surface area contributed by atoms with Gasteiger partial charge in [-0.25, -0.2) is 13.2 Å². The van der Waals surface area contributed by atoms with E-state index in [-0.39, 0.29) is 11.1 Å². The van der Waals surface area contributed by atoms with Gasteiger partial charge in [-0.15, -0.1) is 0 Å². The summed E-state index contributed by atoms with van der Waals surface area (Å²) in [6.07, 6.45) is 0. The zero-order valence-electron chi connectivity index (χ0n) is 7.98. The fourth-order valence-corrected chi connectivity index (χ4v) is 2.10. The predicted molar refractivity (Wildman–Crippen MR) is 64.5 cm³/mol. The van der Waals surface area contributed by atoms with E-state index in [4.69, 9.17) is 0 Å². The molecule has 82 valence electrons. The van der Waals surface area contributed by atoms with E-state index in [1.54, 1.807) is 0 Å². The minimum atomic E-state index is -0.693. The first-order valence-corrected chi connectivity index (χ1v) is 5.56. The Bertz CT molecular complexity index is 497. The third kappa shape index (κ3) is 2.21. The van der Waals surface area contributed by atoms with Crippen LogP contribution in [0.2, 0.25) is 0 Å². The number of benzene rings is 2. The van der Waals surface area contributed by atoms with Crippen LogP contribution in [0.15, 0.2) is 36.4 Å². The average Bonchev–Trinajstić information content (AvgIpc) is 2.15. The Morgan fingerprint density at radius 1 is 0.875 bits per heavy atom. The van der Waals surface area contributed by atoms with Crippen LogP contribution in [0.3, 0.4) is 0 Å². The van der Waals surface area contributed by atoms with Crippen molar-refractivity contribution in [2.24, 2.45) is 0 Å². The Morgan fingerprint density at radius 3 is 2.06 bits per heavy atom. The van der Waals surface area contributed by atoms with Gasteiger partial charge in [0, 0.05) is 3.57 Å². The monoisotopic (exact) mass is 334 g/mol. The quantitative estimate of drug-likeness (QED) is 0.679. The summed E-state index contributed by atoms with van der Waals surface area (Å²) < 4.78 is 40.6. The highest BCUT2D eigenvalue weighted by molar-refractivity contribution is 14.1. The van der Waals surface area contributed by atoms with Gasteiger partial charge in [0.15, 0.2) is 0 Å². The molecule has 0 unspecified atom stereocenters. The maximum atomic E-state index is 13.4. The van der Waals surface area contributed by atoms with Crippen molar-refractivity contribution in [1.29, 1.82) is 0 Å². The minimum absolute atomic E-state index is 0.195. The Hall–Kier alpha value is -1.04. The predicted octanol–water partition coefficient (Wildman–Crippen LogP) is 4.38. The van der Waals surface area contributed by atoms with Gasteiger partial charge in [0.1, 0.15) is 17.5 Å². The van der Waals surface area contributed by atoms with Gasteiger partial charge in [-0.1, -0.05) is 6.07 Å². The summed E-state index contributed by atoms with van der Waals surface area (Å²) in [6.45, 7) is 0. The van der Waals surface area contributed by atoms with Gasteiger partial charge in [0.05, 0.1) is 5.56 Å². The molecule has 2 rings (SSSR count). The maximum Gasteiger partial charge on any atom is 0.133 e. The van der Waals surface area contributed by atoms with Gasteiger partial charge >= 0.3 is 0 Å². The van der Waals surface area contributed by atoms with Crippen LogP contribution < -0.4 is 0 Å². The maximum absolute atomic E-state index is 13.4. The Morgan fingerprint density at radius 2 is 1.50 bits per heavy atom. The molecule has 0 spiro atoms. The summed E-state index contributed by atoms with van der Waals surface area (Å²) in [7, 11) is 0. The molecule has 0 bridgehead atoms. The van der Waals surface area contributed by atoms with E-state index in [9.17, 15) is 13.2 Å². The summed E-state index contributed by atoms with van der Waals surface area (Å²) in [6, 6.07) is 7.52. The molecule has 0 amide bonds. The fraction of sp³-hybridized carbons (Fsp3) is 0. The highest BCUT2D eigenvalue weighted by atomic mass is 127. The number of hydrogen-bond donors (Lipinski definition) is 0. The Kier molecular flexibility index (Phi) is 3.18. The van der Waals surface area contributed by atoms with Crippen LogP contribution >= 0.6 is 22.6 Å². The summed E-state index contributed by atoms with van der Waals surface area (Å²) in [5, 5.41) is 0. The largest absolute Gasteiger partial charge is 0.207 e. The number of halogens is 4. The van der Waals surface area contributed by atoms with Crippen molar-refractivity contribution in [1.82, 2.24) is 0 Å². The molecule has 0 N–H and O–H groups in total. The second-order valence-electron chi connectivity index (χ2n) is 3.25. The van der Waals surface area contributed by atoms with Crippen molar-refractivity contribution in [2.75, 3.05) is 0 Å². The van der Waals surface area contributed by atoms with Gasteiger partial charge in [0.25, 0.3) is 0 Å². The number of rotatable bonds is 1. The zero-order valence-corrected chi connectivity index (χ0v) is 10.1. The number of hydrogen-bond acceptors (Lipinski definition) is 0. The van der Waals surface area contributed by atoms with Gasteiger partial charge in [-0.05, 0) is 58.5 Å². The van der Waals surface area contributed by atoms with Gasteiger partial charge in [-0.3, -0.25) is 0 Å². The van der Waals surface area contributed by atoms with Crippen molar-refractivity contribution >= 4 is 22.6 Å². The van der Waals surface area contributed by atoms with Gasteiger partial charge in [-0.2, -0.15) is 0 Å². The summed E-state index contributed by atoms with van der Waals surface area (Å²) in [5.74, 6) is -1.90.